The van der Waals surface area contributed by atoms with Gasteiger partial charge in [-0.15, -0.1) is 0 Å². The summed E-state index contributed by atoms with van der Waals surface area (Å²) in [6.45, 7) is 3.43. The van der Waals surface area contributed by atoms with Crippen LogP contribution in [0.3, 0.4) is 0 Å². The molecule has 1 aromatic carbocycles. The second-order valence-electron chi connectivity index (χ2n) is 4.14. The summed E-state index contributed by atoms with van der Waals surface area (Å²) in [7, 11) is 0. The van der Waals surface area contributed by atoms with Gasteiger partial charge in [0.15, 0.2) is 5.75 Å². The molecule has 20 heavy (non-hydrogen) atoms. The van der Waals surface area contributed by atoms with Gasteiger partial charge in [-0.05, 0) is 38.1 Å². The fourth-order valence-corrected chi connectivity index (χ4v) is 2.13. The number of carbonyl (C=O) groups is 1. The highest BCUT2D eigenvalue weighted by atomic mass is 35.5. The van der Waals surface area contributed by atoms with E-state index in [1.807, 2.05) is 0 Å². The van der Waals surface area contributed by atoms with E-state index in [9.17, 15) is 4.79 Å². The van der Waals surface area contributed by atoms with Gasteiger partial charge in [0.05, 0.1) is 17.0 Å². The highest BCUT2D eigenvalue weighted by Crippen LogP contribution is 2.36. The third kappa shape index (κ3) is 3.06. The van der Waals surface area contributed by atoms with Crippen LogP contribution in [0.25, 0.3) is 0 Å². The fourth-order valence-electron chi connectivity index (χ4n) is 1.60. The van der Waals surface area contributed by atoms with Crippen molar-refractivity contribution in [2.45, 2.75) is 13.8 Å². The Labute approximate surface area is 131 Å². The molecule has 6 heteroatoms. The minimum Gasteiger partial charge on any atom is -0.420 e. The summed E-state index contributed by atoms with van der Waals surface area (Å²) in [4.78, 5) is 16.2. The lowest BCUT2D eigenvalue weighted by molar-refractivity contribution is 0.0734. The van der Waals surface area contributed by atoms with E-state index in [0.717, 1.165) is 0 Å². The predicted molar refractivity (Wildman–Crippen MR) is 80.1 cm³/mol. The van der Waals surface area contributed by atoms with Crippen molar-refractivity contribution in [1.82, 2.24) is 4.98 Å². The molecule has 0 saturated carbocycles. The Balaban J connectivity index is 2.35. The van der Waals surface area contributed by atoms with Crippen molar-refractivity contribution in [2.75, 3.05) is 0 Å². The third-order valence-corrected chi connectivity index (χ3v) is 3.79. The molecule has 2 aromatic rings. The zero-order chi connectivity index (χ0) is 14.9. The van der Waals surface area contributed by atoms with Gasteiger partial charge in [0.2, 0.25) is 0 Å². The molecule has 0 fully saturated rings. The third-order valence-electron chi connectivity index (χ3n) is 2.64. The molecule has 0 bridgehead atoms. The highest BCUT2D eigenvalue weighted by Gasteiger charge is 2.18. The Morgan fingerprint density at radius 1 is 1.00 bits per heavy atom. The number of benzene rings is 1. The number of nitrogens with zero attached hydrogens (tertiary/aromatic N) is 1. The molecule has 0 radical (unpaired) electrons. The number of aromatic nitrogens is 1. The number of hydrogen-bond acceptors (Lipinski definition) is 3. The lowest BCUT2D eigenvalue weighted by Crippen LogP contribution is -2.10. The Bertz CT molecular complexity index is 643. The molecule has 0 spiro atoms. The van der Waals surface area contributed by atoms with Crippen LogP contribution < -0.4 is 4.74 Å². The maximum absolute atomic E-state index is 12.0. The van der Waals surface area contributed by atoms with Gasteiger partial charge in [0.25, 0.3) is 0 Å². The Kier molecular flexibility index (Phi) is 4.53. The monoisotopic (exact) mass is 329 g/mol. The van der Waals surface area contributed by atoms with Crippen molar-refractivity contribution in [3.63, 3.8) is 0 Å². The number of carbonyl (C=O) groups excluding carboxylic acids is 1. The summed E-state index contributed by atoms with van der Waals surface area (Å²) >= 11 is 17.9. The number of esters is 1. The molecule has 0 aliphatic heterocycles. The molecule has 2 rings (SSSR count). The first kappa shape index (κ1) is 15.1. The molecule has 1 aromatic heterocycles. The van der Waals surface area contributed by atoms with Crippen LogP contribution in [0.4, 0.5) is 0 Å². The zero-order valence-electron chi connectivity index (χ0n) is 10.7. The van der Waals surface area contributed by atoms with E-state index >= 15 is 0 Å². The normalized spacial score (nSPS) is 10.4. The first-order valence-corrected chi connectivity index (χ1v) is 6.83. The van der Waals surface area contributed by atoms with Crippen LogP contribution >= 0.6 is 34.8 Å². The second kappa shape index (κ2) is 6.00. The minimum atomic E-state index is -0.560. The van der Waals surface area contributed by atoms with Gasteiger partial charge in [0, 0.05) is 5.02 Å². The van der Waals surface area contributed by atoms with Crippen LogP contribution in [0.2, 0.25) is 15.1 Å². The van der Waals surface area contributed by atoms with E-state index in [2.05, 4.69) is 4.98 Å². The van der Waals surface area contributed by atoms with E-state index < -0.39 is 5.97 Å². The molecule has 0 unspecified atom stereocenters. The van der Waals surface area contributed by atoms with Crippen molar-refractivity contribution >= 4 is 40.8 Å². The first-order valence-electron chi connectivity index (χ1n) is 5.70. The van der Waals surface area contributed by atoms with Crippen LogP contribution in [-0.4, -0.2) is 11.0 Å². The van der Waals surface area contributed by atoms with Gasteiger partial charge < -0.3 is 4.74 Å². The Morgan fingerprint density at radius 3 is 2.00 bits per heavy atom. The standard InChI is InChI=1S/C14H10Cl3NO2/c1-7-11(16)13(12(17)8(2)18-7)20-14(19)9-3-5-10(15)6-4-9/h3-6H,1-2H3. The second-order valence-corrected chi connectivity index (χ2v) is 5.33. The largest absolute Gasteiger partial charge is 0.420 e. The van der Waals surface area contributed by atoms with E-state index in [1.165, 1.54) is 0 Å². The maximum atomic E-state index is 12.0. The van der Waals surface area contributed by atoms with Crippen LogP contribution in [0, 0.1) is 13.8 Å². The van der Waals surface area contributed by atoms with Crippen LogP contribution in [0.5, 0.6) is 5.75 Å². The van der Waals surface area contributed by atoms with E-state index in [4.69, 9.17) is 39.5 Å². The van der Waals surface area contributed by atoms with Gasteiger partial charge in [-0.25, -0.2) is 4.79 Å². The number of hydrogen-bond donors (Lipinski definition) is 0. The van der Waals surface area contributed by atoms with Gasteiger partial charge in [-0.2, -0.15) is 0 Å². The molecule has 0 aliphatic rings. The van der Waals surface area contributed by atoms with Crippen molar-refractivity contribution in [3.05, 3.63) is 56.3 Å². The van der Waals surface area contributed by atoms with Crippen LogP contribution in [-0.2, 0) is 0 Å². The SMILES string of the molecule is Cc1nc(C)c(Cl)c(OC(=O)c2ccc(Cl)cc2)c1Cl. The molecular weight excluding hydrogens is 321 g/mol. The summed E-state index contributed by atoms with van der Waals surface area (Å²) in [6, 6.07) is 6.33. The molecule has 0 saturated heterocycles. The summed E-state index contributed by atoms with van der Waals surface area (Å²) in [5.74, 6) is -0.436. The van der Waals surface area contributed by atoms with E-state index in [-0.39, 0.29) is 15.8 Å². The molecule has 104 valence electrons. The highest BCUT2D eigenvalue weighted by molar-refractivity contribution is 6.38. The number of pyridine rings is 1. The fraction of sp³-hybridized carbons (Fsp3) is 0.143. The Hall–Kier alpha value is -1.29. The number of ether oxygens (including phenoxy) is 1. The van der Waals surface area contributed by atoms with E-state index in [1.54, 1.807) is 38.1 Å². The van der Waals surface area contributed by atoms with Gasteiger partial charge in [-0.3, -0.25) is 4.98 Å². The van der Waals surface area contributed by atoms with Crippen molar-refractivity contribution < 1.29 is 9.53 Å². The summed E-state index contributed by atoms with van der Waals surface area (Å²) in [5, 5.41) is 0.985. The average molecular weight is 331 g/mol. The van der Waals surface area contributed by atoms with Crippen LogP contribution in [0.1, 0.15) is 21.7 Å². The first-order chi connectivity index (χ1) is 9.40. The minimum absolute atomic E-state index is 0.123. The summed E-state index contributed by atoms with van der Waals surface area (Å²) < 4.78 is 5.28. The Morgan fingerprint density at radius 2 is 1.50 bits per heavy atom. The maximum Gasteiger partial charge on any atom is 0.343 e. The molecule has 0 amide bonds. The predicted octanol–water partition coefficient (Wildman–Crippen LogP) is 4.88. The van der Waals surface area contributed by atoms with Crippen molar-refractivity contribution in [1.29, 1.82) is 0 Å². The number of rotatable bonds is 2. The van der Waals surface area contributed by atoms with Crippen molar-refractivity contribution in [3.8, 4) is 5.75 Å². The van der Waals surface area contributed by atoms with Gasteiger partial charge in [-0.1, -0.05) is 34.8 Å². The van der Waals surface area contributed by atoms with Gasteiger partial charge >= 0.3 is 5.97 Å². The number of halogens is 3. The van der Waals surface area contributed by atoms with E-state index in [0.29, 0.717) is 22.0 Å². The smallest absolute Gasteiger partial charge is 0.343 e. The van der Waals surface area contributed by atoms with Gasteiger partial charge in [0.1, 0.15) is 10.0 Å². The lowest BCUT2D eigenvalue weighted by atomic mass is 10.2. The molecule has 0 atom stereocenters. The quantitative estimate of drug-likeness (QED) is 0.737. The zero-order valence-corrected chi connectivity index (χ0v) is 13.0. The summed E-state index contributed by atoms with van der Waals surface area (Å²) in [5.41, 5.74) is 1.45. The lowest BCUT2D eigenvalue weighted by Gasteiger charge is -2.11. The molecule has 0 aliphatic carbocycles. The number of aryl methyl sites for hydroxylation is 2. The molecule has 1 heterocycles. The summed E-state index contributed by atoms with van der Waals surface area (Å²) in [6.07, 6.45) is 0. The topological polar surface area (TPSA) is 39.2 Å². The van der Waals surface area contributed by atoms with Crippen molar-refractivity contribution in [2.24, 2.45) is 0 Å². The molecular formula is C14H10Cl3NO2. The average Bonchev–Trinajstić information content (AvgIpc) is 2.42. The molecule has 0 N–H and O–H groups in total. The van der Waals surface area contributed by atoms with Crippen LogP contribution in [0.15, 0.2) is 24.3 Å². The molecule has 3 nitrogen and oxygen atoms in total.